The van der Waals surface area contributed by atoms with E-state index in [1.54, 1.807) is 0 Å². The van der Waals surface area contributed by atoms with Crippen molar-refractivity contribution in [3.8, 4) is 0 Å². The van der Waals surface area contributed by atoms with Crippen molar-refractivity contribution in [2.75, 3.05) is 0 Å². The minimum absolute atomic E-state index is 0.206. The van der Waals surface area contributed by atoms with Crippen LogP contribution in [-0.2, 0) is 16.9 Å². The summed E-state index contributed by atoms with van der Waals surface area (Å²) in [6.45, 7) is 0. The lowest BCUT2D eigenvalue weighted by atomic mass is 9.90. The van der Waals surface area contributed by atoms with Crippen LogP contribution in [0.2, 0.25) is 0 Å². The van der Waals surface area contributed by atoms with Crippen LogP contribution >= 0.6 is 11.8 Å². The maximum atomic E-state index is 14.3. The monoisotopic (exact) mass is 376 g/mol. The average molecular weight is 376 g/mol. The molecule has 2 aliphatic rings. The number of thioether (sulfide) groups is 1. The summed E-state index contributed by atoms with van der Waals surface area (Å²) in [6, 6.07) is 3.24. The van der Waals surface area contributed by atoms with Gasteiger partial charge in [0.15, 0.2) is 0 Å². The average Bonchev–Trinajstić information content (AvgIpc) is 2.53. The normalized spacial score (nSPS) is 28.5. The van der Waals surface area contributed by atoms with Crippen LogP contribution in [0, 0.1) is 0 Å². The Hall–Kier alpha value is -1.00. The maximum Gasteiger partial charge on any atom is 0.446 e. The fraction of sp³-hybridized carbons (Fsp3) is 0.571. The Morgan fingerprint density at radius 3 is 2.29 bits per heavy atom. The van der Waals surface area contributed by atoms with Gasteiger partial charge in [-0.1, -0.05) is 12.1 Å². The highest BCUT2D eigenvalue weighted by Gasteiger charge is 2.65. The summed E-state index contributed by atoms with van der Waals surface area (Å²) in [5, 5.41) is 10.4. The molecule has 1 aromatic carbocycles. The zero-order valence-corrected chi connectivity index (χ0v) is 12.7. The zero-order chi connectivity index (χ0) is 18.0. The summed E-state index contributed by atoms with van der Waals surface area (Å²) in [5.41, 5.74) is -5.67. The quantitative estimate of drug-likeness (QED) is 0.480. The summed E-state index contributed by atoms with van der Waals surface area (Å²) >= 11 is -0.660. The summed E-state index contributed by atoms with van der Waals surface area (Å²) < 4.78 is 97.0. The highest BCUT2D eigenvalue weighted by atomic mass is 32.2. The molecule has 0 saturated heterocycles. The molecule has 1 N–H and O–H groups in total. The Labute approximate surface area is 136 Å². The number of ether oxygens (including phenoxy) is 1. The van der Waals surface area contributed by atoms with Gasteiger partial charge in [-0.25, -0.2) is 8.78 Å². The molecule has 1 aromatic rings. The highest BCUT2D eigenvalue weighted by molar-refractivity contribution is 8.00. The van der Waals surface area contributed by atoms with Gasteiger partial charge in [0.05, 0.1) is 6.10 Å². The van der Waals surface area contributed by atoms with Crippen molar-refractivity contribution >= 4 is 11.8 Å². The van der Waals surface area contributed by atoms with E-state index < -0.39 is 70.7 Å². The second-order valence-corrected chi connectivity index (χ2v) is 6.97. The maximum absolute atomic E-state index is 14.3. The zero-order valence-electron chi connectivity index (χ0n) is 11.8. The molecule has 1 atom stereocenters. The van der Waals surface area contributed by atoms with Crippen LogP contribution in [-0.4, -0.2) is 28.6 Å². The van der Waals surface area contributed by atoms with Crippen molar-refractivity contribution in [2.24, 2.45) is 0 Å². The van der Waals surface area contributed by atoms with Crippen LogP contribution in [0.4, 0.5) is 30.7 Å². The molecule has 0 spiro atoms. The molecule has 2 aliphatic carbocycles. The number of aliphatic hydroxyl groups is 1. The van der Waals surface area contributed by atoms with Crippen molar-refractivity contribution in [2.45, 2.75) is 53.4 Å². The third kappa shape index (κ3) is 2.99. The van der Waals surface area contributed by atoms with Gasteiger partial charge in [-0.15, -0.1) is 0 Å². The minimum Gasteiger partial charge on any atom is -0.357 e. The predicted octanol–water partition coefficient (Wildman–Crippen LogP) is 4.45. The molecule has 2 nitrogen and oxygen atoms in total. The van der Waals surface area contributed by atoms with Crippen molar-refractivity contribution in [3.05, 3.63) is 29.3 Å². The van der Waals surface area contributed by atoms with Gasteiger partial charge >= 0.3 is 11.4 Å². The van der Waals surface area contributed by atoms with Gasteiger partial charge in [-0.2, -0.15) is 22.0 Å². The van der Waals surface area contributed by atoms with Crippen LogP contribution in [0.15, 0.2) is 23.1 Å². The van der Waals surface area contributed by atoms with Gasteiger partial charge in [0.1, 0.15) is 0 Å². The molecule has 0 aliphatic heterocycles. The van der Waals surface area contributed by atoms with E-state index in [0.717, 1.165) is 18.2 Å². The van der Waals surface area contributed by atoms with E-state index in [0.29, 0.717) is 0 Å². The van der Waals surface area contributed by atoms with Crippen LogP contribution in [0.25, 0.3) is 0 Å². The molecule has 134 valence electrons. The Balaban J connectivity index is 1.98. The van der Waals surface area contributed by atoms with E-state index in [9.17, 15) is 35.8 Å². The summed E-state index contributed by atoms with van der Waals surface area (Å²) in [4.78, 5) is -0.634. The second kappa shape index (κ2) is 5.25. The fourth-order valence-corrected chi connectivity index (χ4v) is 3.70. The topological polar surface area (TPSA) is 29.5 Å². The third-order valence-corrected chi connectivity index (χ3v) is 4.77. The van der Waals surface area contributed by atoms with Crippen LogP contribution in [0.5, 0.6) is 0 Å². The number of halogens is 7. The predicted molar refractivity (Wildman–Crippen MR) is 70.0 cm³/mol. The molecule has 10 heteroatoms. The molecule has 3 rings (SSSR count). The lowest BCUT2D eigenvalue weighted by Gasteiger charge is -2.41. The van der Waals surface area contributed by atoms with Crippen molar-refractivity contribution < 1.29 is 40.6 Å². The summed E-state index contributed by atoms with van der Waals surface area (Å²) in [7, 11) is 0. The first kappa shape index (κ1) is 17.8. The molecular formula is C14H11F7O2S. The smallest absolute Gasteiger partial charge is 0.357 e. The summed E-state index contributed by atoms with van der Waals surface area (Å²) in [6.07, 6.45) is -4.12. The Bertz CT molecular complexity index is 653. The van der Waals surface area contributed by atoms with Crippen LogP contribution < -0.4 is 0 Å². The molecule has 24 heavy (non-hydrogen) atoms. The van der Waals surface area contributed by atoms with Crippen molar-refractivity contribution in [1.29, 1.82) is 0 Å². The number of benzene rings is 1. The molecule has 0 bridgehead atoms. The molecule has 1 saturated carbocycles. The molecule has 1 fully saturated rings. The number of hydrogen-bond donors (Lipinski definition) is 1. The number of rotatable bonds is 3. The van der Waals surface area contributed by atoms with E-state index in [1.807, 2.05) is 0 Å². The number of fused-ring (bicyclic) bond motifs is 1. The molecular weight excluding hydrogens is 365 g/mol. The molecule has 0 amide bonds. The SMILES string of the molecule is OC1(OC2CC(F)(F)C2)c2c(cccc2SC(F)(F)F)CC1(F)F. The Kier molecular flexibility index (Phi) is 3.89. The van der Waals surface area contributed by atoms with E-state index >= 15 is 0 Å². The molecule has 1 unspecified atom stereocenters. The van der Waals surface area contributed by atoms with E-state index in [4.69, 9.17) is 4.74 Å². The third-order valence-electron chi connectivity index (χ3n) is 3.98. The molecule has 0 heterocycles. The van der Waals surface area contributed by atoms with Gasteiger partial charge in [0.25, 0.3) is 11.7 Å². The number of alkyl halides is 7. The van der Waals surface area contributed by atoms with Gasteiger partial charge in [0, 0.05) is 29.7 Å². The number of hydrogen-bond acceptors (Lipinski definition) is 3. The Morgan fingerprint density at radius 1 is 1.12 bits per heavy atom. The van der Waals surface area contributed by atoms with Gasteiger partial charge in [-0.05, 0) is 23.4 Å². The van der Waals surface area contributed by atoms with E-state index in [1.165, 1.54) is 0 Å². The van der Waals surface area contributed by atoms with E-state index in [-0.39, 0.29) is 5.56 Å². The summed E-state index contributed by atoms with van der Waals surface area (Å²) in [5.74, 6) is -10.4. The lowest BCUT2D eigenvalue weighted by Crippen LogP contribution is -2.52. The van der Waals surface area contributed by atoms with Crippen molar-refractivity contribution in [3.63, 3.8) is 0 Å². The molecule has 0 radical (unpaired) electrons. The largest absolute Gasteiger partial charge is 0.446 e. The first-order valence-corrected chi connectivity index (χ1v) is 7.69. The van der Waals surface area contributed by atoms with Crippen LogP contribution in [0.3, 0.4) is 0 Å². The highest BCUT2D eigenvalue weighted by Crippen LogP contribution is 2.55. The second-order valence-electron chi connectivity index (χ2n) is 5.87. The van der Waals surface area contributed by atoms with Crippen molar-refractivity contribution in [1.82, 2.24) is 0 Å². The van der Waals surface area contributed by atoms with Crippen LogP contribution in [0.1, 0.15) is 24.0 Å². The fourth-order valence-electron chi connectivity index (χ4n) is 2.94. The van der Waals surface area contributed by atoms with Gasteiger partial charge < -0.3 is 9.84 Å². The van der Waals surface area contributed by atoms with Gasteiger partial charge in [0.2, 0.25) is 0 Å². The van der Waals surface area contributed by atoms with E-state index in [2.05, 4.69) is 0 Å². The Morgan fingerprint density at radius 2 is 1.75 bits per heavy atom. The van der Waals surface area contributed by atoms with Gasteiger partial charge in [-0.3, -0.25) is 0 Å². The first-order chi connectivity index (χ1) is 10.8. The lowest BCUT2D eigenvalue weighted by molar-refractivity contribution is -0.357. The molecule has 0 aromatic heterocycles. The first-order valence-electron chi connectivity index (χ1n) is 6.87. The minimum atomic E-state index is -4.77. The standard InChI is InChI=1S/C14H11F7O2S/c15-11(16)5-8(6-11)23-13(22)10-7(4-12(13,17)18)2-1-3-9(10)24-14(19,20)21/h1-3,8,22H,4-6H2.